The van der Waals surface area contributed by atoms with Crippen molar-refractivity contribution in [2.24, 2.45) is 5.92 Å². The topological polar surface area (TPSA) is 20.2 Å². The molecule has 0 saturated carbocycles. The standard InChI is InChI=1S/C18H30O/c1-14(2)9-7-5-6-8-10-16-11-12-18(19)17(13-16)15(3)4/h11-15,19H,5-10H2,1-4H3. The minimum Gasteiger partial charge on any atom is -0.508 e. The second kappa shape index (κ2) is 8.24. The predicted molar refractivity (Wildman–Crippen MR) is 83.8 cm³/mol. The van der Waals surface area contributed by atoms with Crippen molar-refractivity contribution < 1.29 is 5.11 Å². The average molecular weight is 262 g/mol. The van der Waals surface area contributed by atoms with E-state index >= 15 is 0 Å². The zero-order valence-corrected chi connectivity index (χ0v) is 13.1. The highest BCUT2D eigenvalue weighted by atomic mass is 16.3. The molecule has 1 heteroatoms. The molecule has 0 bridgehead atoms. The number of hydrogen-bond acceptors (Lipinski definition) is 1. The Balaban J connectivity index is 2.32. The van der Waals surface area contributed by atoms with Crippen LogP contribution in [0.1, 0.15) is 76.8 Å². The molecule has 0 radical (unpaired) electrons. The Labute approximate surface area is 119 Å². The van der Waals surface area contributed by atoms with Crippen LogP contribution in [0, 0.1) is 5.92 Å². The molecule has 0 aliphatic heterocycles. The lowest BCUT2D eigenvalue weighted by atomic mass is 9.97. The van der Waals surface area contributed by atoms with Crippen LogP contribution in [0.4, 0.5) is 0 Å². The maximum Gasteiger partial charge on any atom is 0.119 e. The summed E-state index contributed by atoms with van der Waals surface area (Å²) in [6.07, 6.45) is 7.81. The van der Waals surface area contributed by atoms with Crippen LogP contribution in [0.5, 0.6) is 5.75 Å². The fourth-order valence-corrected chi connectivity index (χ4v) is 2.46. The minimum atomic E-state index is 0.394. The molecule has 1 N–H and O–H groups in total. The Kier molecular flexibility index (Phi) is 6.97. The lowest BCUT2D eigenvalue weighted by Crippen LogP contribution is -1.93. The number of hydrogen-bond donors (Lipinski definition) is 1. The summed E-state index contributed by atoms with van der Waals surface area (Å²) in [6, 6.07) is 6.09. The molecule has 0 fully saturated rings. The first-order chi connectivity index (χ1) is 9.00. The van der Waals surface area contributed by atoms with Crippen molar-refractivity contribution in [2.45, 2.75) is 72.1 Å². The van der Waals surface area contributed by atoms with Crippen LogP contribution in [0.2, 0.25) is 0 Å². The molecule has 108 valence electrons. The van der Waals surface area contributed by atoms with E-state index in [4.69, 9.17) is 0 Å². The van der Waals surface area contributed by atoms with Crippen molar-refractivity contribution in [3.8, 4) is 5.75 Å². The zero-order valence-electron chi connectivity index (χ0n) is 13.1. The van der Waals surface area contributed by atoms with Crippen molar-refractivity contribution in [1.29, 1.82) is 0 Å². The Hall–Kier alpha value is -0.980. The molecule has 1 aromatic rings. The summed E-state index contributed by atoms with van der Waals surface area (Å²) in [5.74, 6) is 1.67. The summed E-state index contributed by atoms with van der Waals surface area (Å²) >= 11 is 0. The summed E-state index contributed by atoms with van der Waals surface area (Å²) < 4.78 is 0. The van der Waals surface area contributed by atoms with Gasteiger partial charge in [0, 0.05) is 0 Å². The van der Waals surface area contributed by atoms with Crippen LogP contribution < -0.4 is 0 Å². The predicted octanol–water partition coefficient (Wildman–Crippen LogP) is 5.66. The monoisotopic (exact) mass is 262 g/mol. The van der Waals surface area contributed by atoms with Crippen molar-refractivity contribution in [2.75, 3.05) is 0 Å². The molecule has 0 aromatic heterocycles. The quantitative estimate of drug-likeness (QED) is 0.599. The molecule has 0 saturated heterocycles. The number of rotatable bonds is 8. The van der Waals surface area contributed by atoms with Crippen LogP contribution in [0.25, 0.3) is 0 Å². The number of unbranched alkanes of at least 4 members (excludes halogenated alkanes) is 3. The van der Waals surface area contributed by atoms with Gasteiger partial charge < -0.3 is 5.11 Å². The fraction of sp³-hybridized carbons (Fsp3) is 0.667. The SMILES string of the molecule is CC(C)CCCCCCc1ccc(O)c(C(C)C)c1. The van der Waals surface area contributed by atoms with Gasteiger partial charge in [-0.15, -0.1) is 0 Å². The molecule has 19 heavy (non-hydrogen) atoms. The molecule has 0 aliphatic rings. The van der Waals surface area contributed by atoms with Gasteiger partial charge in [0.1, 0.15) is 5.75 Å². The van der Waals surface area contributed by atoms with Crippen molar-refractivity contribution >= 4 is 0 Å². The van der Waals surface area contributed by atoms with E-state index in [1.54, 1.807) is 0 Å². The van der Waals surface area contributed by atoms with Crippen LogP contribution >= 0.6 is 0 Å². The number of benzene rings is 1. The molecule has 1 rings (SSSR count). The lowest BCUT2D eigenvalue weighted by Gasteiger charge is -2.11. The smallest absolute Gasteiger partial charge is 0.119 e. The summed E-state index contributed by atoms with van der Waals surface area (Å²) in [6.45, 7) is 8.85. The summed E-state index contributed by atoms with van der Waals surface area (Å²) in [4.78, 5) is 0. The van der Waals surface area contributed by atoms with E-state index in [9.17, 15) is 5.11 Å². The summed E-state index contributed by atoms with van der Waals surface area (Å²) in [5, 5.41) is 9.80. The number of aromatic hydroxyl groups is 1. The molecule has 0 aliphatic carbocycles. The van der Waals surface area contributed by atoms with Crippen LogP contribution in [-0.2, 0) is 6.42 Å². The third kappa shape index (κ3) is 6.13. The first kappa shape index (κ1) is 16.1. The van der Waals surface area contributed by atoms with Gasteiger partial charge >= 0.3 is 0 Å². The maximum absolute atomic E-state index is 9.80. The van der Waals surface area contributed by atoms with Gasteiger partial charge in [-0.25, -0.2) is 0 Å². The van der Waals surface area contributed by atoms with Crippen molar-refractivity contribution in [1.82, 2.24) is 0 Å². The van der Waals surface area contributed by atoms with Gasteiger partial charge in [-0.2, -0.15) is 0 Å². The highest BCUT2D eigenvalue weighted by molar-refractivity contribution is 5.38. The minimum absolute atomic E-state index is 0.394. The lowest BCUT2D eigenvalue weighted by molar-refractivity contribution is 0.464. The summed E-state index contributed by atoms with van der Waals surface area (Å²) in [5.41, 5.74) is 2.45. The zero-order chi connectivity index (χ0) is 14.3. The highest BCUT2D eigenvalue weighted by Crippen LogP contribution is 2.26. The first-order valence-corrected chi connectivity index (χ1v) is 7.82. The molecule has 0 amide bonds. The highest BCUT2D eigenvalue weighted by Gasteiger charge is 2.06. The molecule has 1 aromatic carbocycles. The Morgan fingerprint density at radius 2 is 1.63 bits per heavy atom. The van der Waals surface area contributed by atoms with Gasteiger partial charge in [-0.3, -0.25) is 0 Å². The fourth-order valence-electron chi connectivity index (χ4n) is 2.46. The molecule has 0 heterocycles. The second-order valence-electron chi connectivity index (χ2n) is 6.39. The van der Waals surface area contributed by atoms with Gasteiger partial charge in [-0.1, -0.05) is 65.5 Å². The van der Waals surface area contributed by atoms with E-state index in [1.165, 1.54) is 37.7 Å². The van der Waals surface area contributed by atoms with Crippen LogP contribution in [0.3, 0.4) is 0 Å². The van der Waals surface area contributed by atoms with Crippen molar-refractivity contribution in [3.63, 3.8) is 0 Å². The van der Waals surface area contributed by atoms with E-state index < -0.39 is 0 Å². The maximum atomic E-state index is 9.80. The van der Waals surface area contributed by atoms with Gasteiger partial charge in [0.25, 0.3) is 0 Å². The van der Waals surface area contributed by atoms with E-state index in [-0.39, 0.29) is 0 Å². The van der Waals surface area contributed by atoms with E-state index in [1.807, 2.05) is 6.07 Å². The van der Waals surface area contributed by atoms with Crippen LogP contribution in [0.15, 0.2) is 18.2 Å². The molecule has 0 atom stereocenters. The average Bonchev–Trinajstić information content (AvgIpc) is 2.34. The number of phenolic OH excluding ortho intramolecular Hbond substituents is 1. The number of phenols is 1. The van der Waals surface area contributed by atoms with E-state index in [2.05, 4.69) is 39.8 Å². The largest absolute Gasteiger partial charge is 0.508 e. The second-order valence-corrected chi connectivity index (χ2v) is 6.39. The molecule has 0 spiro atoms. The van der Waals surface area contributed by atoms with Gasteiger partial charge in [0.2, 0.25) is 0 Å². The molecular weight excluding hydrogens is 232 g/mol. The first-order valence-electron chi connectivity index (χ1n) is 7.82. The Bertz CT molecular complexity index is 366. The molecular formula is C18H30O. The van der Waals surface area contributed by atoms with Gasteiger partial charge in [0.05, 0.1) is 0 Å². The normalized spacial score (nSPS) is 11.5. The summed E-state index contributed by atoms with van der Waals surface area (Å²) in [7, 11) is 0. The molecule has 0 unspecified atom stereocenters. The van der Waals surface area contributed by atoms with Crippen molar-refractivity contribution in [3.05, 3.63) is 29.3 Å². The number of aryl methyl sites for hydroxylation is 1. The van der Waals surface area contributed by atoms with E-state index in [0.717, 1.165) is 17.9 Å². The van der Waals surface area contributed by atoms with E-state index in [0.29, 0.717) is 11.7 Å². The Morgan fingerprint density at radius 1 is 0.947 bits per heavy atom. The van der Waals surface area contributed by atoms with Gasteiger partial charge in [-0.05, 0) is 41.9 Å². The van der Waals surface area contributed by atoms with Crippen LogP contribution in [-0.4, -0.2) is 5.11 Å². The third-order valence-corrected chi connectivity index (χ3v) is 3.71. The Morgan fingerprint density at radius 3 is 2.26 bits per heavy atom. The van der Waals surface area contributed by atoms with Gasteiger partial charge in [0.15, 0.2) is 0 Å². The molecule has 1 nitrogen and oxygen atoms in total. The third-order valence-electron chi connectivity index (χ3n) is 3.71.